The van der Waals surface area contributed by atoms with Crippen molar-refractivity contribution in [2.75, 3.05) is 7.11 Å². The summed E-state index contributed by atoms with van der Waals surface area (Å²) in [6, 6.07) is 16.0. The largest absolute Gasteiger partial charge is 0.497 e. The Balaban J connectivity index is 2.23. The summed E-state index contributed by atoms with van der Waals surface area (Å²) in [5, 5.41) is 1.08. The van der Waals surface area contributed by atoms with E-state index < -0.39 is 0 Å². The molecule has 0 N–H and O–H groups in total. The van der Waals surface area contributed by atoms with Crippen LogP contribution in [0.2, 0.25) is 0 Å². The number of hydrogen-bond donors (Lipinski definition) is 0. The molecule has 2 nitrogen and oxygen atoms in total. The van der Waals surface area contributed by atoms with Crippen LogP contribution in [0.3, 0.4) is 0 Å². The highest BCUT2D eigenvalue weighted by molar-refractivity contribution is 5.94. The van der Waals surface area contributed by atoms with Crippen molar-refractivity contribution in [3.8, 4) is 16.9 Å². The van der Waals surface area contributed by atoms with Crippen LogP contribution in [-0.2, 0) is 0 Å². The minimum atomic E-state index is 0.844. The van der Waals surface area contributed by atoms with Gasteiger partial charge >= 0.3 is 0 Å². The minimum Gasteiger partial charge on any atom is -0.497 e. The summed E-state index contributed by atoms with van der Waals surface area (Å²) in [4.78, 5) is 0. The zero-order chi connectivity index (χ0) is 11.7. The molecule has 2 aromatic carbocycles. The van der Waals surface area contributed by atoms with Crippen molar-refractivity contribution in [1.29, 1.82) is 0 Å². The van der Waals surface area contributed by atoms with E-state index in [9.17, 15) is 0 Å². The Labute approximate surface area is 99.4 Å². The molecule has 0 saturated heterocycles. The lowest BCUT2D eigenvalue weighted by molar-refractivity contribution is 0.415. The van der Waals surface area contributed by atoms with Crippen LogP contribution < -0.4 is 4.74 Å². The maximum absolute atomic E-state index is 5.55. The van der Waals surface area contributed by atoms with Crippen molar-refractivity contribution < 1.29 is 9.15 Å². The summed E-state index contributed by atoms with van der Waals surface area (Å²) >= 11 is 0. The first-order valence-electron chi connectivity index (χ1n) is 5.49. The van der Waals surface area contributed by atoms with Crippen LogP contribution in [0.4, 0.5) is 0 Å². The van der Waals surface area contributed by atoms with Crippen molar-refractivity contribution in [2.45, 2.75) is 0 Å². The Morgan fingerprint density at radius 1 is 1.00 bits per heavy atom. The molecule has 0 aliphatic rings. The molecule has 84 valence electrons. The van der Waals surface area contributed by atoms with Gasteiger partial charge in [0.05, 0.1) is 13.4 Å². The highest BCUT2D eigenvalue weighted by Gasteiger charge is 2.08. The third kappa shape index (κ3) is 1.68. The quantitative estimate of drug-likeness (QED) is 0.653. The molecule has 2 heteroatoms. The van der Waals surface area contributed by atoms with Crippen molar-refractivity contribution >= 4 is 11.0 Å². The molecule has 0 aliphatic carbocycles. The third-order valence-corrected chi connectivity index (χ3v) is 2.87. The molecule has 0 spiro atoms. The molecule has 1 aromatic heterocycles. The molecule has 3 rings (SSSR count). The number of fused-ring (bicyclic) bond motifs is 1. The fraction of sp³-hybridized carbons (Fsp3) is 0.0667. The summed E-state index contributed by atoms with van der Waals surface area (Å²) < 4.78 is 10.8. The average Bonchev–Trinajstić information content (AvgIpc) is 2.82. The van der Waals surface area contributed by atoms with Crippen molar-refractivity contribution in [3.63, 3.8) is 0 Å². The molecular weight excluding hydrogens is 212 g/mol. The number of benzene rings is 2. The van der Waals surface area contributed by atoms with E-state index >= 15 is 0 Å². The summed E-state index contributed by atoms with van der Waals surface area (Å²) in [6.07, 6.45) is 1.79. The Bertz CT molecular complexity index is 638. The second-order valence-corrected chi connectivity index (χ2v) is 3.88. The molecule has 0 fully saturated rings. The van der Waals surface area contributed by atoms with Crippen LogP contribution in [0.5, 0.6) is 5.75 Å². The van der Waals surface area contributed by atoms with Gasteiger partial charge in [0.1, 0.15) is 11.3 Å². The lowest BCUT2D eigenvalue weighted by Gasteiger charge is -2.00. The van der Waals surface area contributed by atoms with Crippen molar-refractivity contribution in [2.24, 2.45) is 0 Å². The van der Waals surface area contributed by atoms with Crippen molar-refractivity contribution in [3.05, 3.63) is 54.8 Å². The molecule has 17 heavy (non-hydrogen) atoms. The number of furan rings is 1. The van der Waals surface area contributed by atoms with E-state index in [0.29, 0.717) is 0 Å². The number of hydrogen-bond acceptors (Lipinski definition) is 2. The van der Waals surface area contributed by atoms with E-state index in [1.165, 1.54) is 0 Å². The topological polar surface area (TPSA) is 22.4 Å². The van der Waals surface area contributed by atoms with Gasteiger partial charge in [-0.25, -0.2) is 0 Å². The van der Waals surface area contributed by atoms with E-state index in [1.807, 2.05) is 36.4 Å². The first kappa shape index (κ1) is 9.97. The van der Waals surface area contributed by atoms with E-state index in [4.69, 9.17) is 9.15 Å². The van der Waals surface area contributed by atoms with Gasteiger partial charge in [-0.1, -0.05) is 30.3 Å². The highest BCUT2D eigenvalue weighted by Crippen LogP contribution is 2.32. The molecular formula is C15H12O2. The highest BCUT2D eigenvalue weighted by atomic mass is 16.5. The Kier molecular flexibility index (Phi) is 2.33. The average molecular weight is 224 g/mol. The Hall–Kier alpha value is -2.22. The van der Waals surface area contributed by atoms with Gasteiger partial charge in [-0.3, -0.25) is 0 Å². The predicted molar refractivity (Wildman–Crippen MR) is 68.2 cm³/mol. The lowest BCUT2D eigenvalue weighted by Crippen LogP contribution is -1.81. The van der Waals surface area contributed by atoms with Crippen LogP contribution in [0, 0.1) is 0 Å². The third-order valence-electron chi connectivity index (χ3n) is 2.87. The molecule has 0 atom stereocenters. The van der Waals surface area contributed by atoms with Gasteiger partial charge in [0.2, 0.25) is 0 Å². The van der Waals surface area contributed by atoms with E-state index in [-0.39, 0.29) is 0 Å². The molecule has 3 aromatic rings. The molecule has 0 bridgehead atoms. The van der Waals surface area contributed by atoms with Crippen LogP contribution in [0.1, 0.15) is 0 Å². The van der Waals surface area contributed by atoms with Gasteiger partial charge in [-0.15, -0.1) is 0 Å². The zero-order valence-corrected chi connectivity index (χ0v) is 9.51. The van der Waals surface area contributed by atoms with Gasteiger partial charge in [0.25, 0.3) is 0 Å². The Morgan fingerprint density at radius 3 is 2.59 bits per heavy atom. The van der Waals surface area contributed by atoms with Crippen LogP contribution >= 0.6 is 0 Å². The minimum absolute atomic E-state index is 0.844. The first-order chi connectivity index (χ1) is 8.38. The normalized spacial score (nSPS) is 10.6. The maximum atomic E-state index is 5.55. The maximum Gasteiger partial charge on any atom is 0.134 e. The summed E-state index contributed by atoms with van der Waals surface area (Å²) in [7, 11) is 1.67. The first-order valence-corrected chi connectivity index (χ1v) is 5.49. The number of methoxy groups -OCH3 is 1. The van der Waals surface area contributed by atoms with Gasteiger partial charge in [0, 0.05) is 10.9 Å². The number of ether oxygens (including phenoxy) is 1. The van der Waals surface area contributed by atoms with Crippen molar-refractivity contribution in [1.82, 2.24) is 0 Å². The van der Waals surface area contributed by atoms with E-state index in [2.05, 4.69) is 12.1 Å². The van der Waals surface area contributed by atoms with Gasteiger partial charge < -0.3 is 9.15 Å². The molecule has 0 radical (unpaired) electrons. The SMILES string of the molecule is COc1ccc2occ(-c3ccccc3)c2c1. The zero-order valence-electron chi connectivity index (χ0n) is 9.51. The van der Waals surface area contributed by atoms with E-state index in [1.54, 1.807) is 13.4 Å². The van der Waals surface area contributed by atoms with Crippen LogP contribution in [0.25, 0.3) is 22.1 Å². The second-order valence-electron chi connectivity index (χ2n) is 3.88. The number of rotatable bonds is 2. The summed E-state index contributed by atoms with van der Waals surface area (Å²) in [5.41, 5.74) is 3.13. The monoisotopic (exact) mass is 224 g/mol. The van der Waals surface area contributed by atoms with Crippen LogP contribution in [0.15, 0.2) is 59.2 Å². The van der Waals surface area contributed by atoms with Gasteiger partial charge in [-0.05, 0) is 23.8 Å². The molecule has 0 saturated carbocycles. The summed E-state index contributed by atoms with van der Waals surface area (Å²) in [5.74, 6) is 0.844. The van der Waals surface area contributed by atoms with E-state index in [0.717, 1.165) is 27.8 Å². The van der Waals surface area contributed by atoms with Gasteiger partial charge in [-0.2, -0.15) is 0 Å². The summed E-state index contributed by atoms with van der Waals surface area (Å²) in [6.45, 7) is 0. The lowest BCUT2D eigenvalue weighted by atomic mass is 10.0. The fourth-order valence-corrected chi connectivity index (χ4v) is 1.98. The molecule has 0 aliphatic heterocycles. The molecule has 0 unspecified atom stereocenters. The standard InChI is InChI=1S/C15H12O2/c1-16-12-7-8-15-13(9-12)14(10-17-15)11-5-3-2-4-6-11/h2-10H,1H3. The van der Waals surface area contributed by atoms with Crippen LogP contribution in [-0.4, -0.2) is 7.11 Å². The predicted octanol–water partition coefficient (Wildman–Crippen LogP) is 4.11. The second kappa shape index (κ2) is 3.98. The fourth-order valence-electron chi connectivity index (χ4n) is 1.98. The Morgan fingerprint density at radius 2 is 1.82 bits per heavy atom. The smallest absolute Gasteiger partial charge is 0.134 e. The molecule has 1 heterocycles. The molecule has 0 amide bonds. The van der Waals surface area contributed by atoms with Gasteiger partial charge in [0.15, 0.2) is 0 Å².